The van der Waals surface area contributed by atoms with Gasteiger partial charge in [-0.1, -0.05) is 45.0 Å². The van der Waals surface area contributed by atoms with Crippen molar-refractivity contribution in [2.24, 2.45) is 4.99 Å². The number of rotatable bonds is 6. The highest BCUT2D eigenvalue weighted by Crippen LogP contribution is 2.22. The third-order valence-corrected chi connectivity index (χ3v) is 3.91. The maximum Gasteiger partial charge on any atom is 0.213 e. The van der Waals surface area contributed by atoms with Crippen LogP contribution < -0.4 is 10.6 Å². The van der Waals surface area contributed by atoms with E-state index in [1.165, 1.54) is 11.1 Å². The molecule has 0 saturated heterocycles. The van der Waals surface area contributed by atoms with E-state index in [-0.39, 0.29) is 29.4 Å². The first-order valence-corrected chi connectivity index (χ1v) is 8.90. The Hall–Kier alpha value is -1.61. The predicted octanol–water partition coefficient (Wildman–Crippen LogP) is 3.52. The first-order valence-electron chi connectivity index (χ1n) is 8.90. The summed E-state index contributed by atoms with van der Waals surface area (Å²) in [5.74, 6) is 2.26. The molecule has 0 saturated carbocycles. The van der Waals surface area contributed by atoms with Gasteiger partial charge in [0.05, 0.1) is 12.7 Å². The van der Waals surface area contributed by atoms with Gasteiger partial charge in [-0.05, 0) is 25.2 Å². The van der Waals surface area contributed by atoms with Crippen LogP contribution in [0.3, 0.4) is 0 Å². The minimum absolute atomic E-state index is 0. The van der Waals surface area contributed by atoms with Crippen LogP contribution in [0, 0.1) is 0 Å². The average molecular weight is 485 g/mol. The molecule has 6 nitrogen and oxygen atoms in total. The van der Waals surface area contributed by atoms with Gasteiger partial charge in [-0.25, -0.2) is 4.98 Å². The molecule has 0 aliphatic carbocycles. The summed E-state index contributed by atoms with van der Waals surface area (Å²) < 4.78 is 5.79. The molecule has 150 valence electrons. The van der Waals surface area contributed by atoms with E-state index < -0.39 is 0 Å². The molecule has 2 rings (SSSR count). The van der Waals surface area contributed by atoms with Crippen molar-refractivity contribution < 1.29 is 4.42 Å². The molecular weight excluding hydrogens is 453 g/mol. The summed E-state index contributed by atoms with van der Waals surface area (Å²) in [6.45, 7) is 8.47. The van der Waals surface area contributed by atoms with Crippen LogP contribution in [0.5, 0.6) is 0 Å². The van der Waals surface area contributed by atoms with Crippen LogP contribution in [0.2, 0.25) is 0 Å². The summed E-state index contributed by atoms with van der Waals surface area (Å²) in [5, 5.41) is 6.55. The molecule has 0 fully saturated rings. The zero-order chi connectivity index (χ0) is 19.2. The van der Waals surface area contributed by atoms with E-state index in [0.717, 1.165) is 18.3 Å². The van der Waals surface area contributed by atoms with E-state index in [2.05, 4.69) is 84.6 Å². The third kappa shape index (κ3) is 7.88. The lowest BCUT2D eigenvalue weighted by Crippen LogP contribution is -2.36. The van der Waals surface area contributed by atoms with E-state index in [0.29, 0.717) is 19.0 Å². The number of hydrogen-bond acceptors (Lipinski definition) is 4. The molecule has 0 atom stereocenters. The highest BCUT2D eigenvalue weighted by Gasteiger charge is 2.19. The smallest absolute Gasteiger partial charge is 0.213 e. The summed E-state index contributed by atoms with van der Waals surface area (Å²) >= 11 is 0. The Morgan fingerprint density at radius 2 is 1.67 bits per heavy atom. The summed E-state index contributed by atoms with van der Waals surface area (Å²) in [7, 11) is 5.90. The molecule has 0 aliphatic rings. The van der Waals surface area contributed by atoms with Crippen molar-refractivity contribution in [3.05, 3.63) is 53.2 Å². The maximum absolute atomic E-state index is 5.79. The molecule has 0 spiro atoms. The Balaban J connectivity index is 0.00000364. The van der Waals surface area contributed by atoms with Gasteiger partial charge in [-0.15, -0.1) is 24.0 Å². The SMILES string of the molecule is CN=C(NCc1ccc(CN(C)C)cc1)NCc1ncc(C(C)(C)C)o1.I. The number of aromatic nitrogens is 1. The van der Waals surface area contributed by atoms with E-state index >= 15 is 0 Å². The lowest BCUT2D eigenvalue weighted by atomic mass is 9.94. The van der Waals surface area contributed by atoms with E-state index in [4.69, 9.17) is 4.42 Å². The van der Waals surface area contributed by atoms with E-state index in [1.807, 2.05) is 0 Å². The largest absolute Gasteiger partial charge is 0.443 e. The van der Waals surface area contributed by atoms with Crippen LogP contribution in [0.25, 0.3) is 0 Å². The van der Waals surface area contributed by atoms with Gasteiger partial charge in [0.25, 0.3) is 0 Å². The number of guanidine groups is 1. The van der Waals surface area contributed by atoms with Gasteiger partial charge in [-0.3, -0.25) is 4.99 Å². The van der Waals surface area contributed by atoms with Crippen LogP contribution in [0.1, 0.15) is 43.5 Å². The summed E-state index contributed by atoms with van der Waals surface area (Å²) in [6.07, 6.45) is 1.79. The van der Waals surface area contributed by atoms with E-state index in [1.54, 1.807) is 13.2 Å². The minimum Gasteiger partial charge on any atom is -0.443 e. The van der Waals surface area contributed by atoms with Gasteiger partial charge in [0.2, 0.25) is 5.89 Å². The quantitative estimate of drug-likeness (QED) is 0.373. The first kappa shape index (κ1) is 23.4. The molecule has 2 N–H and O–H groups in total. The molecule has 0 aliphatic heterocycles. The van der Waals surface area contributed by atoms with Crippen LogP contribution in [0.15, 0.2) is 39.9 Å². The summed E-state index contributed by atoms with van der Waals surface area (Å²) in [5.41, 5.74) is 2.48. The van der Waals surface area contributed by atoms with Crippen molar-refractivity contribution in [2.45, 2.75) is 45.8 Å². The van der Waals surface area contributed by atoms with Crippen molar-refractivity contribution in [3.8, 4) is 0 Å². The Kier molecular flexibility index (Phi) is 9.25. The van der Waals surface area contributed by atoms with Crippen molar-refractivity contribution in [2.75, 3.05) is 21.1 Å². The normalized spacial score (nSPS) is 12.0. The Labute approximate surface area is 179 Å². The zero-order valence-corrected chi connectivity index (χ0v) is 19.5. The fourth-order valence-corrected chi connectivity index (χ4v) is 2.43. The molecule has 27 heavy (non-hydrogen) atoms. The molecule has 1 aromatic carbocycles. The summed E-state index contributed by atoms with van der Waals surface area (Å²) in [6, 6.07) is 8.60. The van der Waals surface area contributed by atoms with Crippen molar-refractivity contribution >= 4 is 29.9 Å². The topological polar surface area (TPSA) is 65.7 Å². The van der Waals surface area contributed by atoms with Crippen LogP contribution >= 0.6 is 24.0 Å². The molecule has 1 aromatic heterocycles. The fourth-order valence-electron chi connectivity index (χ4n) is 2.43. The highest BCUT2D eigenvalue weighted by molar-refractivity contribution is 14.0. The lowest BCUT2D eigenvalue weighted by Gasteiger charge is -2.14. The van der Waals surface area contributed by atoms with Gasteiger partial charge in [0, 0.05) is 25.6 Å². The number of halogens is 1. The Morgan fingerprint density at radius 3 is 2.19 bits per heavy atom. The van der Waals surface area contributed by atoms with E-state index in [9.17, 15) is 0 Å². The average Bonchev–Trinajstić information content (AvgIpc) is 3.05. The molecular formula is C20H32IN5O. The second-order valence-corrected chi connectivity index (χ2v) is 7.70. The second kappa shape index (κ2) is 10.7. The second-order valence-electron chi connectivity index (χ2n) is 7.70. The first-order chi connectivity index (χ1) is 12.3. The van der Waals surface area contributed by atoms with Crippen molar-refractivity contribution in [1.82, 2.24) is 20.5 Å². The van der Waals surface area contributed by atoms with Crippen molar-refractivity contribution in [3.63, 3.8) is 0 Å². The molecule has 0 amide bonds. The lowest BCUT2D eigenvalue weighted by molar-refractivity contribution is 0.379. The summed E-state index contributed by atoms with van der Waals surface area (Å²) in [4.78, 5) is 10.7. The maximum atomic E-state index is 5.79. The third-order valence-electron chi connectivity index (χ3n) is 3.91. The monoisotopic (exact) mass is 485 g/mol. The number of aliphatic imine (C=N–C) groups is 1. The number of hydrogen-bond donors (Lipinski definition) is 2. The van der Waals surface area contributed by atoms with Gasteiger partial charge in [0.15, 0.2) is 5.96 Å². The predicted molar refractivity (Wildman–Crippen MR) is 121 cm³/mol. The molecule has 0 bridgehead atoms. The zero-order valence-electron chi connectivity index (χ0n) is 17.2. The standard InChI is InChI=1S/C20H31N5O.HI/c1-20(2,3)17-12-22-18(26-17)13-24-19(21-4)23-11-15-7-9-16(10-8-15)14-25(5)6;/h7-10,12H,11,13-14H2,1-6H3,(H2,21,23,24);1H. The number of benzene rings is 1. The molecule has 0 unspecified atom stereocenters. The number of nitrogens with one attached hydrogen (secondary N) is 2. The van der Waals surface area contributed by atoms with Crippen molar-refractivity contribution in [1.29, 1.82) is 0 Å². The van der Waals surface area contributed by atoms with Gasteiger partial charge in [0.1, 0.15) is 5.76 Å². The molecule has 7 heteroatoms. The van der Waals surface area contributed by atoms with Gasteiger partial charge in [-0.2, -0.15) is 0 Å². The van der Waals surface area contributed by atoms with Crippen LogP contribution in [0.4, 0.5) is 0 Å². The van der Waals surface area contributed by atoms with Crippen LogP contribution in [-0.4, -0.2) is 37.0 Å². The Bertz CT molecular complexity index is 717. The number of nitrogens with zero attached hydrogens (tertiary/aromatic N) is 3. The van der Waals surface area contributed by atoms with Gasteiger partial charge < -0.3 is 20.0 Å². The molecule has 1 heterocycles. The fraction of sp³-hybridized carbons (Fsp3) is 0.500. The highest BCUT2D eigenvalue weighted by atomic mass is 127. The minimum atomic E-state index is -0.0378. The number of oxazole rings is 1. The molecule has 2 aromatic rings. The Morgan fingerprint density at radius 1 is 1.07 bits per heavy atom. The molecule has 0 radical (unpaired) electrons. The van der Waals surface area contributed by atoms with Crippen LogP contribution in [-0.2, 0) is 25.0 Å². The van der Waals surface area contributed by atoms with Gasteiger partial charge >= 0.3 is 0 Å².